The summed E-state index contributed by atoms with van der Waals surface area (Å²) in [5.41, 5.74) is 2.51. The lowest BCUT2D eigenvalue weighted by Crippen LogP contribution is -2.79. The molecular weight excluding hydrogens is 272 g/mol. The van der Waals surface area contributed by atoms with Crippen LogP contribution in [0.1, 0.15) is 25.5 Å². The highest BCUT2D eigenvalue weighted by Gasteiger charge is 2.34. The fraction of sp³-hybridized carbons (Fsp3) is 0.333. The number of ether oxygens (including phenoxy) is 1. The third-order valence-electron chi connectivity index (χ3n) is 3.10. The average molecular weight is 291 g/mol. The predicted molar refractivity (Wildman–Crippen MR) is 81.1 cm³/mol. The van der Waals surface area contributed by atoms with E-state index in [0.29, 0.717) is 12.2 Å². The van der Waals surface area contributed by atoms with Crippen LogP contribution in [0.25, 0.3) is 0 Å². The van der Waals surface area contributed by atoms with Gasteiger partial charge in [-0.2, -0.15) is 0 Å². The Hall–Kier alpha value is -1.75. The van der Waals surface area contributed by atoms with Gasteiger partial charge in [0.1, 0.15) is 11.3 Å². The molecule has 106 valence electrons. The van der Waals surface area contributed by atoms with Gasteiger partial charge in [-0.3, -0.25) is 4.99 Å². The van der Waals surface area contributed by atoms with Crippen molar-refractivity contribution in [3.8, 4) is 0 Å². The number of benzene rings is 1. The Balaban J connectivity index is 2.43. The molecule has 0 aromatic heterocycles. The molecule has 20 heavy (non-hydrogen) atoms. The van der Waals surface area contributed by atoms with Crippen LogP contribution in [-0.4, -0.2) is 24.0 Å². The lowest BCUT2D eigenvalue weighted by molar-refractivity contribution is -0.498. The van der Waals surface area contributed by atoms with Crippen molar-refractivity contribution in [1.82, 2.24) is 5.32 Å². The minimum Gasteiger partial charge on any atom is -0.462 e. The van der Waals surface area contributed by atoms with Crippen LogP contribution in [-0.2, 0) is 9.53 Å². The third-order valence-corrected chi connectivity index (χ3v) is 3.73. The van der Waals surface area contributed by atoms with Gasteiger partial charge in [0.25, 0.3) is 0 Å². The normalized spacial score (nSPS) is 18.4. The highest BCUT2D eigenvalue weighted by molar-refractivity contribution is 8.12. The van der Waals surface area contributed by atoms with Gasteiger partial charge < -0.3 is 4.74 Å². The van der Waals surface area contributed by atoms with E-state index in [1.165, 1.54) is 0 Å². The summed E-state index contributed by atoms with van der Waals surface area (Å²) in [5.74, 6) is -0.279. The first-order chi connectivity index (χ1) is 9.67. The SMILES string of the molecule is CCOC(=O)C1=C(C)NC(SC)=[NH+]C1c1ccccc1. The van der Waals surface area contributed by atoms with Crippen LogP contribution in [0.3, 0.4) is 0 Å². The third kappa shape index (κ3) is 3.04. The number of thioether (sulfide) groups is 1. The molecule has 0 aliphatic carbocycles. The van der Waals surface area contributed by atoms with Crippen LogP contribution < -0.4 is 10.3 Å². The van der Waals surface area contributed by atoms with Gasteiger partial charge in [0, 0.05) is 5.56 Å². The Kier molecular flexibility index (Phi) is 4.84. The quantitative estimate of drug-likeness (QED) is 0.815. The van der Waals surface area contributed by atoms with E-state index in [1.807, 2.05) is 50.4 Å². The topological polar surface area (TPSA) is 52.3 Å². The minimum absolute atomic E-state index is 0.182. The maximum absolute atomic E-state index is 12.2. The molecule has 0 radical (unpaired) electrons. The number of carbonyl (C=O) groups excluding carboxylic acids is 1. The summed E-state index contributed by atoms with van der Waals surface area (Å²) in [6.07, 6.45) is 1.99. The van der Waals surface area contributed by atoms with Gasteiger partial charge in [-0.15, -0.1) is 0 Å². The van der Waals surface area contributed by atoms with Gasteiger partial charge in [-0.25, -0.2) is 10.1 Å². The van der Waals surface area contributed by atoms with Crippen molar-refractivity contribution in [1.29, 1.82) is 0 Å². The number of carbonyl (C=O) groups is 1. The van der Waals surface area contributed by atoms with Crippen molar-refractivity contribution >= 4 is 22.9 Å². The predicted octanol–water partition coefficient (Wildman–Crippen LogP) is 0.968. The zero-order chi connectivity index (χ0) is 14.5. The largest absolute Gasteiger partial charge is 0.462 e. The minimum atomic E-state index is -0.279. The zero-order valence-electron chi connectivity index (χ0n) is 11.9. The fourth-order valence-electron chi connectivity index (χ4n) is 2.18. The Labute approximate surface area is 123 Å². The van der Waals surface area contributed by atoms with Gasteiger partial charge in [0.15, 0.2) is 6.04 Å². The van der Waals surface area contributed by atoms with Crippen LogP contribution in [0.5, 0.6) is 0 Å². The molecule has 0 amide bonds. The summed E-state index contributed by atoms with van der Waals surface area (Å²) < 4.78 is 5.18. The maximum atomic E-state index is 12.2. The second-order valence-electron chi connectivity index (χ2n) is 4.41. The van der Waals surface area contributed by atoms with Crippen molar-refractivity contribution in [3.63, 3.8) is 0 Å². The van der Waals surface area contributed by atoms with E-state index < -0.39 is 0 Å². The summed E-state index contributed by atoms with van der Waals surface area (Å²) in [5, 5.41) is 4.14. The molecule has 1 atom stereocenters. The number of hydrogen-bond acceptors (Lipinski definition) is 4. The molecule has 2 N–H and O–H groups in total. The molecule has 1 aliphatic rings. The summed E-state index contributed by atoms with van der Waals surface area (Å²) >= 11 is 1.58. The van der Waals surface area contributed by atoms with Crippen molar-refractivity contribution < 1.29 is 14.5 Å². The van der Waals surface area contributed by atoms with Gasteiger partial charge in [-0.1, -0.05) is 30.3 Å². The Morgan fingerprint density at radius 2 is 2.10 bits per heavy atom. The summed E-state index contributed by atoms with van der Waals surface area (Å²) in [4.78, 5) is 15.6. The molecule has 0 saturated carbocycles. The average Bonchev–Trinajstić information content (AvgIpc) is 2.47. The molecule has 0 saturated heterocycles. The van der Waals surface area contributed by atoms with Gasteiger partial charge in [-0.05, 0) is 31.9 Å². The number of nitrogens with one attached hydrogen (secondary N) is 2. The molecule has 0 spiro atoms. The molecule has 1 aromatic rings. The van der Waals surface area contributed by atoms with E-state index in [0.717, 1.165) is 16.4 Å². The Morgan fingerprint density at radius 1 is 1.40 bits per heavy atom. The summed E-state index contributed by atoms with van der Waals surface area (Å²) in [7, 11) is 0. The Morgan fingerprint density at radius 3 is 2.70 bits per heavy atom. The van der Waals surface area contributed by atoms with Crippen molar-refractivity contribution in [2.24, 2.45) is 0 Å². The molecule has 1 heterocycles. The number of rotatable bonds is 3. The Bertz CT molecular complexity index is 552. The second-order valence-corrected chi connectivity index (χ2v) is 5.22. The van der Waals surface area contributed by atoms with E-state index in [2.05, 4.69) is 10.3 Å². The van der Waals surface area contributed by atoms with Gasteiger partial charge in [0.05, 0.1) is 6.61 Å². The van der Waals surface area contributed by atoms with E-state index >= 15 is 0 Å². The smallest absolute Gasteiger partial charge is 0.342 e. The van der Waals surface area contributed by atoms with Crippen LogP contribution in [0.4, 0.5) is 0 Å². The monoisotopic (exact) mass is 291 g/mol. The van der Waals surface area contributed by atoms with Crippen molar-refractivity contribution in [3.05, 3.63) is 47.2 Å². The highest BCUT2D eigenvalue weighted by atomic mass is 32.2. The summed E-state index contributed by atoms with van der Waals surface area (Å²) in [6.45, 7) is 4.09. The molecule has 0 bridgehead atoms. The first-order valence-corrected chi connectivity index (χ1v) is 7.77. The molecule has 4 nitrogen and oxygen atoms in total. The van der Waals surface area contributed by atoms with Crippen molar-refractivity contribution in [2.45, 2.75) is 19.9 Å². The zero-order valence-corrected chi connectivity index (χ0v) is 12.7. The van der Waals surface area contributed by atoms with Crippen LogP contribution in [0.2, 0.25) is 0 Å². The summed E-state index contributed by atoms with van der Waals surface area (Å²) in [6, 6.07) is 9.73. The van der Waals surface area contributed by atoms with Crippen molar-refractivity contribution in [2.75, 3.05) is 12.9 Å². The van der Waals surface area contributed by atoms with Crippen LogP contribution in [0, 0.1) is 0 Å². The van der Waals surface area contributed by atoms with Gasteiger partial charge in [0.2, 0.25) is 0 Å². The lowest BCUT2D eigenvalue weighted by atomic mass is 9.97. The maximum Gasteiger partial charge on any atom is 0.342 e. The second kappa shape index (κ2) is 6.61. The number of amidine groups is 1. The molecule has 1 unspecified atom stereocenters. The van der Waals surface area contributed by atoms with E-state index in [4.69, 9.17) is 4.74 Å². The molecule has 5 heteroatoms. The molecular formula is C15H19N2O2S+. The fourth-order valence-corrected chi connectivity index (χ4v) is 2.67. The number of allylic oxidation sites excluding steroid dienone is 1. The van der Waals surface area contributed by atoms with E-state index in [-0.39, 0.29) is 12.0 Å². The van der Waals surface area contributed by atoms with Crippen LogP contribution in [0.15, 0.2) is 41.6 Å². The molecule has 0 fully saturated rings. The number of esters is 1. The lowest BCUT2D eigenvalue weighted by Gasteiger charge is -2.20. The van der Waals surface area contributed by atoms with E-state index in [9.17, 15) is 4.79 Å². The van der Waals surface area contributed by atoms with E-state index in [1.54, 1.807) is 11.8 Å². The number of hydrogen-bond donors (Lipinski definition) is 2. The molecule has 2 rings (SSSR count). The standard InChI is InChI=1S/C15H18N2O2S/c1-4-19-14(18)12-10(2)16-15(20-3)17-13(12)11-8-6-5-7-9-11/h5-9,13H,4H2,1-3H3,(H,16,17)/p+1. The highest BCUT2D eigenvalue weighted by Crippen LogP contribution is 2.23. The molecule has 1 aliphatic heterocycles. The van der Waals surface area contributed by atoms with Crippen LogP contribution >= 0.6 is 11.8 Å². The molecule has 1 aromatic carbocycles. The first-order valence-electron chi connectivity index (χ1n) is 6.54. The first kappa shape index (κ1) is 14.7. The van der Waals surface area contributed by atoms with Gasteiger partial charge >= 0.3 is 11.1 Å².